The molecule has 0 radical (unpaired) electrons. The van der Waals surface area contributed by atoms with Gasteiger partial charge in [-0.15, -0.1) is 11.3 Å². The molecular formula is C20H25N3O3S. The smallest absolute Gasteiger partial charge is 0.264 e. The number of hydrogen-bond acceptors (Lipinski definition) is 5. The fourth-order valence-corrected chi connectivity index (χ4v) is 3.64. The Balaban J connectivity index is 1.27. The van der Waals surface area contributed by atoms with E-state index in [0.717, 1.165) is 43.4 Å². The lowest BCUT2D eigenvalue weighted by Gasteiger charge is -2.34. The highest BCUT2D eigenvalue weighted by molar-refractivity contribution is 7.12. The standard InChI is InChI=1S/C20H25N3O3S/c24-19(8-15-26-17-5-2-1-3-6-17)21-9-10-22-11-13-23(14-12-22)20(25)18-7-4-16-27-18/h1-7,16H,8-15H2,(H,21,24). The van der Waals surface area contributed by atoms with E-state index in [0.29, 0.717) is 19.6 Å². The molecule has 1 aliphatic heterocycles. The zero-order valence-electron chi connectivity index (χ0n) is 15.3. The second kappa shape index (κ2) is 10.1. The lowest BCUT2D eigenvalue weighted by atomic mass is 10.3. The van der Waals surface area contributed by atoms with Gasteiger partial charge in [-0.3, -0.25) is 14.5 Å². The molecular weight excluding hydrogens is 362 g/mol. The molecule has 1 fully saturated rings. The molecule has 6 nitrogen and oxygen atoms in total. The monoisotopic (exact) mass is 387 g/mol. The van der Waals surface area contributed by atoms with E-state index in [9.17, 15) is 9.59 Å². The van der Waals surface area contributed by atoms with Gasteiger partial charge in [0.25, 0.3) is 5.91 Å². The third-order valence-corrected chi connectivity index (χ3v) is 5.34. The van der Waals surface area contributed by atoms with Crippen LogP contribution < -0.4 is 10.1 Å². The van der Waals surface area contributed by atoms with Gasteiger partial charge in [0.05, 0.1) is 17.9 Å². The summed E-state index contributed by atoms with van der Waals surface area (Å²) in [6.45, 7) is 4.92. The van der Waals surface area contributed by atoms with E-state index < -0.39 is 0 Å². The molecule has 0 bridgehead atoms. The molecule has 2 aromatic rings. The van der Waals surface area contributed by atoms with Gasteiger partial charge in [-0.1, -0.05) is 24.3 Å². The average molecular weight is 388 g/mol. The molecule has 1 aromatic carbocycles. The van der Waals surface area contributed by atoms with E-state index in [1.165, 1.54) is 11.3 Å². The van der Waals surface area contributed by atoms with Crippen molar-refractivity contribution in [3.63, 3.8) is 0 Å². The number of benzene rings is 1. The molecule has 1 aliphatic rings. The van der Waals surface area contributed by atoms with Crippen LogP contribution in [-0.2, 0) is 4.79 Å². The maximum atomic E-state index is 12.3. The fraction of sp³-hybridized carbons (Fsp3) is 0.400. The van der Waals surface area contributed by atoms with Crippen molar-refractivity contribution in [3.05, 3.63) is 52.7 Å². The number of nitrogens with zero attached hydrogens (tertiary/aromatic N) is 2. The van der Waals surface area contributed by atoms with Crippen molar-refractivity contribution in [1.82, 2.24) is 15.1 Å². The van der Waals surface area contributed by atoms with E-state index in [2.05, 4.69) is 10.2 Å². The van der Waals surface area contributed by atoms with Crippen molar-refractivity contribution in [2.45, 2.75) is 6.42 Å². The Morgan fingerprint density at radius 2 is 1.81 bits per heavy atom. The highest BCUT2D eigenvalue weighted by atomic mass is 32.1. The van der Waals surface area contributed by atoms with E-state index in [4.69, 9.17) is 4.74 Å². The molecule has 0 aliphatic carbocycles. The van der Waals surface area contributed by atoms with Crippen LogP contribution in [0.5, 0.6) is 5.75 Å². The van der Waals surface area contributed by atoms with Gasteiger partial charge in [0.15, 0.2) is 0 Å². The second-order valence-electron chi connectivity index (χ2n) is 6.37. The number of thiophene rings is 1. The molecule has 2 amide bonds. The summed E-state index contributed by atoms with van der Waals surface area (Å²) < 4.78 is 5.53. The maximum Gasteiger partial charge on any atom is 0.264 e. The van der Waals surface area contributed by atoms with E-state index in [-0.39, 0.29) is 11.8 Å². The molecule has 3 rings (SSSR count). The van der Waals surface area contributed by atoms with Gasteiger partial charge in [0, 0.05) is 39.3 Å². The van der Waals surface area contributed by atoms with Crippen molar-refractivity contribution >= 4 is 23.2 Å². The van der Waals surface area contributed by atoms with Crippen LogP contribution in [0.1, 0.15) is 16.1 Å². The number of hydrogen-bond donors (Lipinski definition) is 1. The van der Waals surface area contributed by atoms with Crippen LogP contribution in [0.4, 0.5) is 0 Å². The zero-order chi connectivity index (χ0) is 18.9. The van der Waals surface area contributed by atoms with Crippen LogP contribution in [0.3, 0.4) is 0 Å². The molecule has 2 heterocycles. The summed E-state index contributed by atoms with van der Waals surface area (Å²) in [5.41, 5.74) is 0. The van der Waals surface area contributed by atoms with Crippen molar-refractivity contribution in [2.75, 3.05) is 45.9 Å². The summed E-state index contributed by atoms with van der Waals surface area (Å²) in [5.74, 6) is 0.897. The largest absolute Gasteiger partial charge is 0.493 e. The van der Waals surface area contributed by atoms with Gasteiger partial charge in [-0.25, -0.2) is 0 Å². The van der Waals surface area contributed by atoms with Gasteiger partial charge >= 0.3 is 0 Å². The van der Waals surface area contributed by atoms with Gasteiger partial charge in [0.2, 0.25) is 5.91 Å². The van der Waals surface area contributed by atoms with Crippen LogP contribution in [0.2, 0.25) is 0 Å². The number of para-hydroxylation sites is 1. The van der Waals surface area contributed by atoms with Crippen molar-refractivity contribution in [3.8, 4) is 5.75 Å². The SMILES string of the molecule is O=C(CCOc1ccccc1)NCCN1CCN(C(=O)c2cccs2)CC1. The summed E-state index contributed by atoms with van der Waals surface area (Å²) >= 11 is 1.48. The number of piperazine rings is 1. The Morgan fingerprint density at radius 3 is 2.52 bits per heavy atom. The lowest BCUT2D eigenvalue weighted by molar-refractivity contribution is -0.121. The topological polar surface area (TPSA) is 61.9 Å². The number of carbonyl (C=O) groups is 2. The number of amides is 2. The lowest BCUT2D eigenvalue weighted by Crippen LogP contribution is -2.50. The molecule has 0 unspecified atom stereocenters. The summed E-state index contributed by atoms with van der Waals surface area (Å²) in [5, 5.41) is 4.86. The minimum Gasteiger partial charge on any atom is -0.493 e. The van der Waals surface area contributed by atoms with Gasteiger partial charge in [0.1, 0.15) is 5.75 Å². The van der Waals surface area contributed by atoms with Crippen molar-refractivity contribution in [2.24, 2.45) is 0 Å². The molecule has 1 N–H and O–H groups in total. The predicted octanol–water partition coefficient (Wildman–Crippen LogP) is 2.09. The normalized spacial score (nSPS) is 14.7. The van der Waals surface area contributed by atoms with Crippen LogP contribution in [0.15, 0.2) is 47.8 Å². The summed E-state index contributed by atoms with van der Waals surface area (Å²) in [7, 11) is 0. The van der Waals surface area contributed by atoms with Crippen LogP contribution >= 0.6 is 11.3 Å². The first-order valence-electron chi connectivity index (χ1n) is 9.22. The van der Waals surface area contributed by atoms with Crippen LogP contribution in [0.25, 0.3) is 0 Å². The van der Waals surface area contributed by atoms with Gasteiger partial charge in [-0.2, -0.15) is 0 Å². The molecule has 7 heteroatoms. The summed E-state index contributed by atoms with van der Waals surface area (Å²) in [4.78, 5) is 29.2. The minimum atomic E-state index is -0.00237. The van der Waals surface area contributed by atoms with E-state index >= 15 is 0 Å². The minimum absolute atomic E-state index is 0.00237. The third kappa shape index (κ3) is 6.08. The highest BCUT2D eigenvalue weighted by Gasteiger charge is 2.22. The number of nitrogens with one attached hydrogen (secondary N) is 1. The number of carbonyl (C=O) groups excluding carboxylic acids is 2. The first kappa shape index (κ1) is 19.4. The Hall–Kier alpha value is -2.38. The van der Waals surface area contributed by atoms with Crippen LogP contribution in [0, 0.1) is 0 Å². The number of rotatable bonds is 8. The summed E-state index contributed by atoms with van der Waals surface area (Å²) in [6.07, 6.45) is 0.345. The first-order chi connectivity index (χ1) is 13.2. The Morgan fingerprint density at radius 1 is 1.04 bits per heavy atom. The summed E-state index contributed by atoms with van der Waals surface area (Å²) in [6, 6.07) is 13.3. The predicted molar refractivity (Wildman–Crippen MR) is 106 cm³/mol. The quantitative estimate of drug-likeness (QED) is 0.754. The molecule has 0 atom stereocenters. The van der Waals surface area contributed by atoms with E-state index in [1.54, 1.807) is 0 Å². The molecule has 144 valence electrons. The zero-order valence-corrected chi connectivity index (χ0v) is 16.1. The van der Waals surface area contributed by atoms with Crippen LogP contribution in [-0.4, -0.2) is 67.5 Å². The Labute approximate surface area is 163 Å². The molecule has 1 saturated heterocycles. The molecule has 1 aromatic heterocycles. The second-order valence-corrected chi connectivity index (χ2v) is 7.32. The molecule has 27 heavy (non-hydrogen) atoms. The van der Waals surface area contributed by atoms with Crippen molar-refractivity contribution < 1.29 is 14.3 Å². The number of ether oxygens (including phenoxy) is 1. The molecule has 0 spiro atoms. The third-order valence-electron chi connectivity index (χ3n) is 4.48. The first-order valence-corrected chi connectivity index (χ1v) is 10.1. The molecule has 0 saturated carbocycles. The van der Waals surface area contributed by atoms with Gasteiger partial charge < -0.3 is 15.0 Å². The fourth-order valence-electron chi connectivity index (χ4n) is 2.95. The Bertz CT molecular complexity index is 713. The Kier molecular flexibility index (Phi) is 7.24. The van der Waals surface area contributed by atoms with Crippen molar-refractivity contribution in [1.29, 1.82) is 0 Å². The van der Waals surface area contributed by atoms with Gasteiger partial charge in [-0.05, 0) is 23.6 Å². The highest BCUT2D eigenvalue weighted by Crippen LogP contribution is 2.13. The van der Waals surface area contributed by atoms with E-state index in [1.807, 2.05) is 52.7 Å². The average Bonchev–Trinajstić information content (AvgIpc) is 3.24. The maximum absolute atomic E-state index is 12.3.